The van der Waals surface area contributed by atoms with Crippen LogP contribution in [0.4, 0.5) is 22.7 Å². The lowest BCUT2D eigenvalue weighted by atomic mass is 10.1. The first-order chi connectivity index (χ1) is 8.74. The van der Waals surface area contributed by atoms with Gasteiger partial charge in [0.05, 0.1) is 22.7 Å². The Morgan fingerprint density at radius 3 is 2.22 bits per heavy atom. The summed E-state index contributed by atoms with van der Waals surface area (Å²) in [6.07, 6.45) is 0. The van der Waals surface area contributed by atoms with Gasteiger partial charge in [0, 0.05) is 10.1 Å². The summed E-state index contributed by atoms with van der Waals surface area (Å²) in [5.41, 5.74) is 4.62. The van der Waals surface area contributed by atoms with E-state index >= 15 is 0 Å². The van der Waals surface area contributed by atoms with Crippen molar-refractivity contribution >= 4 is 34.5 Å². The topological polar surface area (TPSA) is 24.1 Å². The second kappa shape index (κ2) is 4.58. The SMILES string of the molecule is CC(C)Sc1cccc2c1Nc1ccccc1N2. The average molecular weight is 256 g/mol. The summed E-state index contributed by atoms with van der Waals surface area (Å²) in [5, 5.41) is 7.59. The molecule has 0 unspecified atom stereocenters. The van der Waals surface area contributed by atoms with Gasteiger partial charge in [-0.05, 0) is 24.3 Å². The smallest absolute Gasteiger partial charge is 0.0762 e. The Morgan fingerprint density at radius 2 is 1.50 bits per heavy atom. The molecule has 0 aromatic heterocycles. The summed E-state index contributed by atoms with van der Waals surface area (Å²) < 4.78 is 0. The minimum Gasteiger partial charge on any atom is -0.352 e. The Bertz CT molecular complexity index is 578. The molecule has 0 spiro atoms. The highest BCUT2D eigenvalue weighted by atomic mass is 32.2. The number of anilines is 4. The van der Waals surface area contributed by atoms with E-state index in [4.69, 9.17) is 0 Å². The second-order valence-corrected chi connectivity index (χ2v) is 6.26. The number of fused-ring (bicyclic) bond motifs is 2. The highest BCUT2D eigenvalue weighted by Crippen LogP contribution is 2.43. The van der Waals surface area contributed by atoms with Crippen LogP contribution in [0.15, 0.2) is 47.4 Å². The van der Waals surface area contributed by atoms with Crippen molar-refractivity contribution in [2.24, 2.45) is 0 Å². The number of hydrogen-bond acceptors (Lipinski definition) is 3. The Morgan fingerprint density at radius 1 is 0.833 bits per heavy atom. The van der Waals surface area contributed by atoms with Crippen LogP contribution in [-0.2, 0) is 0 Å². The van der Waals surface area contributed by atoms with E-state index in [9.17, 15) is 0 Å². The number of nitrogens with one attached hydrogen (secondary N) is 2. The third kappa shape index (κ3) is 2.06. The van der Waals surface area contributed by atoms with Crippen LogP contribution in [0, 0.1) is 0 Å². The zero-order valence-electron chi connectivity index (χ0n) is 10.5. The van der Waals surface area contributed by atoms with Crippen molar-refractivity contribution in [3.8, 4) is 0 Å². The Kier molecular flexibility index (Phi) is 2.92. The standard InChI is InChI=1S/C15H16N2S/c1-10(2)18-14-9-5-8-13-15(14)17-12-7-4-3-6-11(12)16-13/h3-10,16-17H,1-2H3. The maximum atomic E-state index is 3.53. The van der Waals surface area contributed by atoms with E-state index in [0.29, 0.717) is 5.25 Å². The van der Waals surface area contributed by atoms with Gasteiger partial charge in [0.15, 0.2) is 0 Å². The first kappa shape index (κ1) is 11.5. The van der Waals surface area contributed by atoms with Crippen LogP contribution in [-0.4, -0.2) is 5.25 Å². The number of para-hydroxylation sites is 3. The molecule has 2 N–H and O–H groups in total. The molecule has 18 heavy (non-hydrogen) atoms. The minimum absolute atomic E-state index is 0.579. The summed E-state index contributed by atoms with van der Waals surface area (Å²) in [6, 6.07) is 14.7. The van der Waals surface area contributed by atoms with Crippen molar-refractivity contribution in [1.82, 2.24) is 0 Å². The van der Waals surface area contributed by atoms with Gasteiger partial charge in [0.25, 0.3) is 0 Å². The summed E-state index contributed by atoms with van der Waals surface area (Å²) in [6.45, 7) is 4.43. The molecule has 3 heteroatoms. The molecular formula is C15H16N2S. The second-order valence-electron chi connectivity index (χ2n) is 4.64. The molecule has 0 atom stereocenters. The third-order valence-electron chi connectivity index (χ3n) is 2.84. The lowest BCUT2D eigenvalue weighted by molar-refractivity contribution is 1.11. The zero-order chi connectivity index (χ0) is 12.5. The predicted octanol–water partition coefficient (Wildman–Crippen LogP) is 4.99. The molecule has 0 saturated carbocycles. The minimum atomic E-state index is 0.579. The van der Waals surface area contributed by atoms with Crippen molar-refractivity contribution in [2.75, 3.05) is 10.6 Å². The zero-order valence-corrected chi connectivity index (χ0v) is 11.3. The van der Waals surface area contributed by atoms with E-state index in [2.05, 4.69) is 60.9 Å². The first-order valence-corrected chi connectivity index (χ1v) is 7.05. The quantitative estimate of drug-likeness (QED) is 0.632. The summed E-state index contributed by atoms with van der Waals surface area (Å²) in [7, 11) is 0. The highest BCUT2D eigenvalue weighted by Gasteiger charge is 2.17. The van der Waals surface area contributed by atoms with Crippen molar-refractivity contribution in [2.45, 2.75) is 24.0 Å². The molecule has 1 aliphatic rings. The fourth-order valence-corrected chi connectivity index (χ4v) is 3.04. The summed E-state index contributed by atoms with van der Waals surface area (Å²) in [5.74, 6) is 0. The molecule has 0 radical (unpaired) electrons. The Balaban J connectivity index is 2.02. The molecule has 0 bridgehead atoms. The molecule has 0 amide bonds. The van der Waals surface area contributed by atoms with Gasteiger partial charge in [-0.3, -0.25) is 0 Å². The van der Waals surface area contributed by atoms with Gasteiger partial charge < -0.3 is 10.6 Å². The van der Waals surface area contributed by atoms with Crippen LogP contribution in [0.2, 0.25) is 0 Å². The summed E-state index contributed by atoms with van der Waals surface area (Å²) in [4.78, 5) is 1.30. The van der Waals surface area contributed by atoms with E-state index < -0.39 is 0 Å². The van der Waals surface area contributed by atoms with Gasteiger partial charge in [-0.25, -0.2) is 0 Å². The highest BCUT2D eigenvalue weighted by molar-refractivity contribution is 8.00. The predicted molar refractivity (Wildman–Crippen MR) is 80.4 cm³/mol. The van der Waals surface area contributed by atoms with Crippen LogP contribution >= 0.6 is 11.8 Å². The molecule has 92 valence electrons. The van der Waals surface area contributed by atoms with Crippen LogP contribution in [0.25, 0.3) is 0 Å². The van der Waals surface area contributed by atoms with Crippen molar-refractivity contribution in [3.63, 3.8) is 0 Å². The molecular weight excluding hydrogens is 240 g/mol. The average Bonchev–Trinajstić information content (AvgIpc) is 2.36. The van der Waals surface area contributed by atoms with Crippen LogP contribution in [0.5, 0.6) is 0 Å². The third-order valence-corrected chi connectivity index (χ3v) is 3.91. The van der Waals surface area contributed by atoms with E-state index in [-0.39, 0.29) is 0 Å². The maximum Gasteiger partial charge on any atom is 0.0762 e. The fourth-order valence-electron chi connectivity index (χ4n) is 2.10. The van der Waals surface area contributed by atoms with Crippen LogP contribution < -0.4 is 10.6 Å². The van der Waals surface area contributed by atoms with Gasteiger partial charge in [-0.15, -0.1) is 11.8 Å². The molecule has 3 rings (SSSR count). The normalized spacial score (nSPS) is 12.4. The number of hydrogen-bond donors (Lipinski definition) is 2. The summed E-state index contributed by atoms with van der Waals surface area (Å²) >= 11 is 1.89. The van der Waals surface area contributed by atoms with E-state index in [1.165, 1.54) is 10.6 Å². The number of benzene rings is 2. The molecule has 1 heterocycles. The van der Waals surface area contributed by atoms with Crippen molar-refractivity contribution in [3.05, 3.63) is 42.5 Å². The van der Waals surface area contributed by atoms with Crippen molar-refractivity contribution in [1.29, 1.82) is 0 Å². The van der Waals surface area contributed by atoms with Gasteiger partial charge >= 0.3 is 0 Å². The molecule has 0 fully saturated rings. The molecule has 2 aromatic rings. The molecule has 2 nitrogen and oxygen atoms in total. The lowest BCUT2D eigenvalue weighted by Crippen LogP contribution is -2.07. The maximum absolute atomic E-state index is 3.53. The number of rotatable bonds is 2. The molecule has 0 saturated heterocycles. The number of thioether (sulfide) groups is 1. The molecule has 2 aromatic carbocycles. The van der Waals surface area contributed by atoms with Gasteiger partial charge in [0.2, 0.25) is 0 Å². The van der Waals surface area contributed by atoms with Crippen LogP contribution in [0.3, 0.4) is 0 Å². The van der Waals surface area contributed by atoms with Gasteiger partial charge in [-0.2, -0.15) is 0 Å². The van der Waals surface area contributed by atoms with Gasteiger partial charge in [-0.1, -0.05) is 32.0 Å². The van der Waals surface area contributed by atoms with Gasteiger partial charge in [0.1, 0.15) is 0 Å². The monoisotopic (exact) mass is 256 g/mol. The van der Waals surface area contributed by atoms with E-state index in [1.807, 2.05) is 17.8 Å². The largest absolute Gasteiger partial charge is 0.352 e. The van der Waals surface area contributed by atoms with E-state index in [0.717, 1.165) is 17.1 Å². The van der Waals surface area contributed by atoms with E-state index in [1.54, 1.807) is 0 Å². The fraction of sp³-hybridized carbons (Fsp3) is 0.200. The first-order valence-electron chi connectivity index (χ1n) is 6.17. The Labute approximate surface area is 112 Å². The molecule has 0 aliphatic carbocycles. The lowest BCUT2D eigenvalue weighted by Gasteiger charge is -2.25. The molecule has 1 aliphatic heterocycles. The van der Waals surface area contributed by atoms with Crippen LogP contribution in [0.1, 0.15) is 13.8 Å². The van der Waals surface area contributed by atoms with Crippen molar-refractivity contribution < 1.29 is 0 Å². The Hall–Kier alpha value is -1.61.